The summed E-state index contributed by atoms with van der Waals surface area (Å²) in [5.41, 5.74) is -0.867. The minimum Gasteiger partial charge on any atom is -0.487 e. The van der Waals surface area contributed by atoms with Crippen LogP contribution in [0.1, 0.15) is 18.9 Å². The van der Waals surface area contributed by atoms with Gasteiger partial charge in [0.2, 0.25) is 0 Å². The highest BCUT2D eigenvalue weighted by molar-refractivity contribution is 7.85. The molecule has 1 unspecified atom stereocenters. The van der Waals surface area contributed by atoms with E-state index in [0.29, 0.717) is 5.75 Å². The monoisotopic (exact) mass is 404 g/mol. The fourth-order valence-electron chi connectivity index (χ4n) is 2.12. The van der Waals surface area contributed by atoms with Crippen molar-refractivity contribution in [2.75, 3.05) is 12.9 Å². The predicted molar refractivity (Wildman–Crippen MR) is 93.5 cm³/mol. The molecule has 0 spiro atoms. The van der Waals surface area contributed by atoms with Crippen LogP contribution in [0.15, 0.2) is 48.5 Å². The molecule has 2 aromatic rings. The number of para-hydroxylation sites is 1. The maximum Gasteiger partial charge on any atom is 0.416 e. The van der Waals surface area contributed by atoms with E-state index >= 15 is 0 Å². The lowest BCUT2D eigenvalue weighted by molar-refractivity contribution is -0.137. The van der Waals surface area contributed by atoms with Crippen LogP contribution >= 0.6 is 0 Å². The van der Waals surface area contributed by atoms with Crippen molar-refractivity contribution in [2.24, 2.45) is 0 Å². The largest absolute Gasteiger partial charge is 0.487 e. The highest BCUT2D eigenvalue weighted by atomic mass is 32.2. The summed E-state index contributed by atoms with van der Waals surface area (Å²) in [6.45, 7) is 1.55. The quantitative estimate of drug-likeness (QED) is 0.601. The smallest absolute Gasteiger partial charge is 0.416 e. The lowest BCUT2D eigenvalue weighted by atomic mass is 10.2. The van der Waals surface area contributed by atoms with Gasteiger partial charge in [0.25, 0.3) is 10.1 Å². The molecule has 0 aliphatic carbocycles. The Morgan fingerprint density at radius 1 is 1.04 bits per heavy atom. The molecule has 0 heterocycles. The molecule has 1 atom stereocenters. The van der Waals surface area contributed by atoms with Gasteiger partial charge in [-0.1, -0.05) is 18.2 Å². The zero-order chi connectivity index (χ0) is 20.1. The molecule has 2 aromatic carbocycles. The molecule has 0 aliphatic rings. The SMILES string of the molecule is CC(CCOS(C)(=O)=O)Oc1ccc(C(F)(F)F)cc1Oc1ccccc1. The molecule has 148 valence electrons. The van der Waals surface area contributed by atoms with E-state index in [-0.39, 0.29) is 24.5 Å². The van der Waals surface area contributed by atoms with Gasteiger partial charge in [-0.2, -0.15) is 21.6 Å². The Morgan fingerprint density at radius 2 is 1.70 bits per heavy atom. The summed E-state index contributed by atoms with van der Waals surface area (Å²) < 4.78 is 76.8. The van der Waals surface area contributed by atoms with Gasteiger partial charge in [0.1, 0.15) is 5.75 Å². The number of rotatable bonds is 8. The van der Waals surface area contributed by atoms with Crippen molar-refractivity contribution in [1.29, 1.82) is 0 Å². The van der Waals surface area contributed by atoms with Crippen molar-refractivity contribution < 1.29 is 35.2 Å². The van der Waals surface area contributed by atoms with E-state index in [1.165, 1.54) is 6.07 Å². The summed E-state index contributed by atoms with van der Waals surface area (Å²) in [6.07, 6.45) is -3.89. The Labute approximate surface area is 155 Å². The second-order valence-electron chi connectivity index (χ2n) is 5.82. The molecule has 0 bridgehead atoms. The zero-order valence-corrected chi connectivity index (χ0v) is 15.5. The standard InChI is InChI=1S/C18H19F3O5S/c1-13(10-11-24-27(2,22)23)25-16-9-8-14(18(19,20)21)12-17(16)26-15-6-4-3-5-7-15/h3-9,12-13H,10-11H2,1-2H3. The number of hydrogen-bond donors (Lipinski definition) is 0. The Kier molecular flexibility index (Phi) is 6.72. The summed E-state index contributed by atoms with van der Waals surface area (Å²) in [4.78, 5) is 0. The Balaban J connectivity index is 2.18. The molecule has 0 saturated carbocycles. The van der Waals surface area contributed by atoms with Gasteiger partial charge < -0.3 is 9.47 Å². The first-order chi connectivity index (χ1) is 12.5. The molecule has 9 heteroatoms. The van der Waals surface area contributed by atoms with Crippen LogP contribution in [0.4, 0.5) is 13.2 Å². The molecule has 0 N–H and O–H groups in total. The molecular formula is C18H19F3O5S. The maximum atomic E-state index is 13.0. The second kappa shape index (κ2) is 8.62. The van der Waals surface area contributed by atoms with Crippen LogP contribution in [0.3, 0.4) is 0 Å². The van der Waals surface area contributed by atoms with E-state index < -0.39 is 28.0 Å². The normalized spacial score (nSPS) is 13.2. The van der Waals surface area contributed by atoms with Crippen molar-refractivity contribution in [3.63, 3.8) is 0 Å². The molecule has 0 aromatic heterocycles. The van der Waals surface area contributed by atoms with E-state index in [2.05, 4.69) is 4.18 Å². The van der Waals surface area contributed by atoms with Gasteiger partial charge in [0.15, 0.2) is 11.5 Å². The van der Waals surface area contributed by atoms with Gasteiger partial charge in [-0.25, -0.2) is 0 Å². The summed E-state index contributed by atoms with van der Waals surface area (Å²) in [7, 11) is -3.57. The fraction of sp³-hybridized carbons (Fsp3) is 0.333. The Bertz CT molecular complexity index is 851. The van der Waals surface area contributed by atoms with Crippen LogP contribution in [-0.4, -0.2) is 27.4 Å². The second-order valence-corrected chi connectivity index (χ2v) is 7.46. The van der Waals surface area contributed by atoms with Crippen molar-refractivity contribution in [3.8, 4) is 17.2 Å². The average Bonchev–Trinajstić information content (AvgIpc) is 2.55. The third-order valence-electron chi connectivity index (χ3n) is 3.39. The molecule has 0 fully saturated rings. The van der Waals surface area contributed by atoms with Crippen LogP contribution in [0, 0.1) is 0 Å². The van der Waals surface area contributed by atoms with Gasteiger partial charge >= 0.3 is 6.18 Å². The molecule has 27 heavy (non-hydrogen) atoms. The van der Waals surface area contributed by atoms with Crippen molar-refractivity contribution in [1.82, 2.24) is 0 Å². The van der Waals surface area contributed by atoms with E-state index in [0.717, 1.165) is 18.4 Å². The number of alkyl halides is 3. The molecule has 0 aliphatic heterocycles. The van der Waals surface area contributed by atoms with Crippen LogP contribution < -0.4 is 9.47 Å². The Morgan fingerprint density at radius 3 is 2.30 bits per heavy atom. The lowest BCUT2D eigenvalue weighted by Crippen LogP contribution is -2.17. The first-order valence-electron chi connectivity index (χ1n) is 8.00. The average molecular weight is 404 g/mol. The zero-order valence-electron chi connectivity index (χ0n) is 14.7. The highest BCUT2D eigenvalue weighted by Crippen LogP contribution is 2.38. The summed E-state index contributed by atoms with van der Waals surface area (Å²) >= 11 is 0. The van der Waals surface area contributed by atoms with Crippen LogP contribution in [0.2, 0.25) is 0 Å². The van der Waals surface area contributed by atoms with Gasteiger partial charge in [0.05, 0.1) is 24.5 Å². The summed E-state index contributed by atoms with van der Waals surface area (Å²) in [5.74, 6) is 0.375. The fourth-order valence-corrected chi connectivity index (χ4v) is 2.52. The molecule has 0 amide bonds. The minimum atomic E-state index is -4.53. The van der Waals surface area contributed by atoms with Crippen molar-refractivity contribution >= 4 is 10.1 Å². The van der Waals surface area contributed by atoms with Crippen LogP contribution in [0.25, 0.3) is 0 Å². The minimum absolute atomic E-state index is 0.0908. The number of benzene rings is 2. The van der Waals surface area contributed by atoms with E-state index in [1.807, 2.05) is 0 Å². The first-order valence-corrected chi connectivity index (χ1v) is 9.81. The molecule has 0 saturated heterocycles. The van der Waals surface area contributed by atoms with Crippen LogP contribution in [-0.2, 0) is 20.5 Å². The predicted octanol–water partition coefficient (Wildman–Crippen LogP) is 4.63. The molecular weight excluding hydrogens is 385 g/mol. The van der Waals surface area contributed by atoms with E-state index in [9.17, 15) is 21.6 Å². The summed E-state index contributed by atoms with van der Waals surface area (Å²) in [6, 6.07) is 11.3. The highest BCUT2D eigenvalue weighted by Gasteiger charge is 2.31. The molecule has 0 radical (unpaired) electrons. The van der Waals surface area contributed by atoms with Gasteiger partial charge in [-0.15, -0.1) is 0 Å². The number of ether oxygens (including phenoxy) is 2. The molecule has 5 nitrogen and oxygen atoms in total. The van der Waals surface area contributed by atoms with Crippen molar-refractivity contribution in [3.05, 3.63) is 54.1 Å². The van der Waals surface area contributed by atoms with Crippen molar-refractivity contribution in [2.45, 2.75) is 25.6 Å². The lowest BCUT2D eigenvalue weighted by Gasteiger charge is -2.19. The number of halogens is 3. The maximum absolute atomic E-state index is 13.0. The Hall–Kier alpha value is -2.26. The van der Waals surface area contributed by atoms with Gasteiger partial charge in [0, 0.05) is 6.42 Å². The molecule has 2 rings (SSSR count). The third-order valence-corrected chi connectivity index (χ3v) is 3.99. The van der Waals surface area contributed by atoms with Gasteiger partial charge in [-0.05, 0) is 37.3 Å². The van der Waals surface area contributed by atoms with Gasteiger partial charge in [-0.3, -0.25) is 4.18 Å². The summed E-state index contributed by atoms with van der Waals surface area (Å²) in [5, 5.41) is 0. The van der Waals surface area contributed by atoms with Crippen LogP contribution in [0.5, 0.6) is 17.2 Å². The topological polar surface area (TPSA) is 61.8 Å². The first kappa shape index (κ1) is 21.0. The van der Waals surface area contributed by atoms with E-state index in [1.54, 1.807) is 37.3 Å². The van der Waals surface area contributed by atoms with E-state index in [4.69, 9.17) is 9.47 Å². The number of hydrogen-bond acceptors (Lipinski definition) is 5. The third kappa shape index (κ3) is 7.10.